The van der Waals surface area contributed by atoms with Crippen LogP contribution in [0.5, 0.6) is 0 Å². The topological polar surface area (TPSA) is 9.23 Å². The summed E-state index contributed by atoms with van der Waals surface area (Å²) in [5.41, 5.74) is 0. The second-order valence-corrected chi connectivity index (χ2v) is 1.32. The zero-order valence-electron chi connectivity index (χ0n) is 4.24. The van der Waals surface area contributed by atoms with Gasteiger partial charge < -0.3 is 4.74 Å². The predicted molar refractivity (Wildman–Crippen MR) is 20.1 cm³/mol. The van der Waals surface area contributed by atoms with Gasteiger partial charge >= 0.3 is 18.9 Å². The van der Waals surface area contributed by atoms with Gasteiger partial charge in [-0.05, 0) is 12.8 Å². The summed E-state index contributed by atoms with van der Waals surface area (Å²) in [5, 5.41) is 0. The monoisotopic (exact) mass is 79.1 g/mol. The molecule has 0 aliphatic carbocycles. The molecule has 1 fully saturated rings. The van der Waals surface area contributed by atoms with Crippen LogP contribution in [0.3, 0.4) is 0 Å². The van der Waals surface area contributed by atoms with Crippen LogP contribution < -0.4 is 18.9 Å². The summed E-state index contributed by atoms with van der Waals surface area (Å²) in [6, 6.07) is 0. The predicted octanol–water partition coefficient (Wildman–Crippen LogP) is -2.20. The van der Waals surface area contributed by atoms with E-state index in [1.165, 1.54) is 12.8 Å². The second kappa shape index (κ2) is 3.74. The number of hydrogen-bond donors (Lipinski definition) is 0. The minimum atomic E-state index is 0. The Hall–Kier alpha value is 0.557. The fourth-order valence-corrected chi connectivity index (χ4v) is 0.510. The van der Waals surface area contributed by atoms with Crippen molar-refractivity contribution in [2.45, 2.75) is 12.8 Å². The van der Waals surface area contributed by atoms with E-state index in [1.54, 1.807) is 0 Å². The molecule has 0 aromatic rings. The third-order valence-corrected chi connectivity index (χ3v) is 0.827. The first-order valence-electron chi connectivity index (χ1n) is 2.08. The summed E-state index contributed by atoms with van der Waals surface area (Å²) in [6.07, 6.45) is 2.56. The van der Waals surface area contributed by atoms with Gasteiger partial charge in [0, 0.05) is 13.2 Å². The van der Waals surface area contributed by atoms with Gasteiger partial charge in [-0.25, -0.2) is 0 Å². The van der Waals surface area contributed by atoms with E-state index in [4.69, 9.17) is 4.74 Å². The molecule has 1 heterocycles. The molecule has 1 saturated heterocycles. The van der Waals surface area contributed by atoms with Crippen molar-refractivity contribution in [1.82, 2.24) is 0 Å². The molecule has 6 heavy (non-hydrogen) atoms. The van der Waals surface area contributed by atoms with Crippen molar-refractivity contribution >= 4 is 0 Å². The molecule has 0 atom stereocenters. The van der Waals surface area contributed by atoms with Crippen molar-refractivity contribution in [3.8, 4) is 0 Å². The van der Waals surface area contributed by atoms with E-state index in [2.05, 4.69) is 0 Å². The molecule has 0 aromatic heterocycles. The molecular weight excluding hydrogens is 71.0 g/mol. The molecule has 0 bridgehead atoms. The molecule has 0 amide bonds. The Morgan fingerprint density at radius 3 is 1.67 bits per heavy atom. The van der Waals surface area contributed by atoms with E-state index in [0.29, 0.717) is 0 Å². The van der Waals surface area contributed by atoms with E-state index in [9.17, 15) is 0 Å². The maximum absolute atomic E-state index is 4.94. The zero-order chi connectivity index (χ0) is 3.54. The van der Waals surface area contributed by atoms with E-state index in [0.717, 1.165) is 13.2 Å². The summed E-state index contributed by atoms with van der Waals surface area (Å²) >= 11 is 0. The van der Waals surface area contributed by atoms with Gasteiger partial charge in [0.1, 0.15) is 0 Å². The summed E-state index contributed by atoms with van der Waals surface area (Å²) in [7, 11) is 0. The van der Waals surface area contributed by atoms with Crippen molar-refractivity contribution < 1.29 is 23.6 Å². The Bertz CT molecular complexity index is 19.1. The van der Waals surface area contributed by atoms with E-state index in [1.807, 2.05) is 0 Å². The molecule has 1 nitrogen and oxygen atoms in total. The fourth-order valence-electron chi connectivity index (χ4n) is 0.510. The Labute approximate surface area is 50.2 Å². The molecule has 0 saturated carbocycles. The van der Waals surface area contributed by atoms with Gasteiger partial charge in [-0.1, -0.05) is 0 Å². The van der Waals surface area contributed by atoms with E-state index in [-0.39, 0.29) is 18.9 Å². The molecule has 30 valence electrons. The molecule has 0 aromatic carbocycles. The maximum atomic E-state index is 4.94. The van der Waals surface area contributed by atoms with Gasteiger partial charge in [0.2, 0.25) is 0 Å². The first-order chi connectivity index (χ1) is 2.50. The van der Waals surface area contributed by atoms with Crippen LogP contribution in [-0.4, -0.2) is 13.2 Å². The Balaban J connectivity index is 0.000000250. The van der Waals surface area contributed by atoms with Crippen LogP contribution in [0.1, 0.15) is 12.8 Å². The van der Waals surface area contributed by atoms with Gasteiger partial charge in [-0.15, -0.1) is 0 Å². The molecule has 0 radical (unpaired) electrons. The van der Waals surface area contributed by atoms with Crippen LogP contribution >= 0.6 is 0 Å². The van der Waals surface area contributed by atoms with Crippen LogP contribution in [0.2, 0.25) is 0 Å². The van der Waals surface area contributed by atoms with Gasteiger partial charge in [0.05, 0.1) is 0 Å². The average molecular weight is 79.0 g/mol. The van der Waals surface area contributed by atoms with E-state index >= 15 is 0 Å². The molecule has 0 unspecified atom stereocenters. The third kappa shape index (κ3) is 1.87. The molecular formula is C4H8LiO+. The first kappa shape index (κ1) is 6.56. The van der Waals surface area contributed by atoms with Gasteiger partial charge in [-0.3, -0.25) is 0 Å². The van der Waals surface area contributed by atoms with Crippen LogP contribution in [-0.2, 0) is 4.74 Å². The zero-order valence-corrected chi connectivity index (χ0v) is 4.24. The van der Waals surface area contributed by atoms with Gasteiger partial charge in [0.25, 0.3) is 0 Å². The Kier molecular flexibility index (Phi) is 4.08. The average Bonchev–Trinajstić information content (AvgIpc) is 1.76. The van der Waals surface area contributed by atoms with Gasteiger partial charge in [-0.2, -0.15) is 0 Å². The van der Waals surface area contributed by atoms with E-state index < -0.39 is 0 Å². The fraction of sp³-hybridized carbons (Fsp3) is 1.00. The second-order valence-electron chi connectivity index (χ2n) is 1.32. The SMILES string of the molecule is C1CCOC1.[Li+]. The van der Waals surface area contributed by atoms with Gasteiger partial charge in [0.15, 0.2) is 0 Å². The van der Waals surface area contributed by atoms with Crippen molar-refractivity contribution in [3.05, 3.63) is 0 Å². The normalized spacial score (nSPS) is 20.0. The summed E-state index contributed by atoms with van der Waals surface area (Å²) < 4.78 is 4.94. The van der Waals surface area contributed by atoms with Crippen molar-refractivity contribution in [3.63, 3.8) is 0 Å². The number of rotatable bonds is 0. The van der Waals surface area contributed by atoms with Crippen LogP contribution in [0, 0.1) is 0 Å². The first-order valence-corrected chi connectivity index (χ1v) is 2.08. The minimum Gasteiger partial charge on any atom is -0.381 e. The van der Waals surface area contributed by atoms with Crippen LogP contribution in [0.15, 0.2) is 0 Å². The van der Waals surface area contributed by atoms with Crippen molar-refractivity contribution in [1.29, 1.82) is 0 Å². The third-order valence-electron chi connectivity index (χ3n) is 0.827. The van der Waals surface area contributed by atoms with Crippen LogP contribution in [0.25, 0.3) is 0 Å². The smallest absolute Gasteiger partial charge is 0.381 e. The molecule has 1 rings (SSSR count). The Morgan fingerprint density at radius 1 is 1.00 bits per heavy atom. The summed E-state index contributed by atoms with van der Waals surface area (Å²) in [5.74, 6) is 0. The largest absolute Gasteiger partial charge is 1.00 e. The number of ether oxygens (including phenoxy) is 1. The summed E-state index contributed by atoms with van der Waals surface area (Å²) in [6.45, 7) is 2.00. The minimum absolute atomic E-state index is 0. The molecule has 0 N–H and O–H groups in total. The van der Waals surface area contributed by atoms with Crippen LogP contribution in [0.4, 0.5) is 0 Å². The Morgan fingerprint density at radius 2 is 1.50 bits per heavy atom. The standard InChI is InChI=1S/C4H8O.Li/c1-2-4-5-3-1;/h1-4H2;/q;+1. The van der Waals surface area contributed by atoms with Crippen molar-refractivity contribution in [2.24, 2.45) is 0 Å². The van der Waals surface area contributed by atoms with Crippen molar-refractivity contribution in [2.75, 3.05) is 13.2 Å². The molecule has 2 heteroatoms. The quantitative estimate of drug-likeness (QED) is 0.299. The molecule has 1 aliphatic rings. The maximum Gasteiger partial charge on any atom is 1.00 e. The number of hydrogen-bond acceptors (Lipinski definition) is 1. The molecule has 0 spiro atoms. The molecule has 1 aliphatic heterocycles. The summed E-state index contributed by atoms with van der Waals surface area (Å²) in [4.78, 5) is 0.